The highest BCUT2D eigenvalue weighted by molar-refractivity contribution is 7.99. The summed E-state index contributed by atoms with van der Waals surface area (Å²) in [5, 5.41) is 15.2. The highest BCUT2D eigenvalue weighted by Gasteiger charge is 2.11. The van der Waals surface area contributed by atoms with Crippen molar-refractivity contribution in [1.29, 1.82) is 0 Å². The molecule has 1 amide bonds. The van der Waals surface area contributed by atoms with Crippen LogP contribution in [0.4, 0.5) is 0 Å². The zero-order chi connectivity index (χ0) is 20.1. The molecular formula is C21H20N4O2S2. The second-order valence-electron chi connectivity index (χ2n) is 6.33. The Hall–Kier alpha value is -2.84. The van der Waals surface area contributed by atoms with Gasteiger partial charge < -0.3 is 10.1 Å². The fraction of sp³-hybridized carbons (Fsp3) is 0.190. The number of nitrogens with zero attached hydrogens (tertiary/aromatic N) is 3. The van der Waals surface area contributed by atoms with Gasteiger partial charge in [0.25, 0.3) is 0 Å². The molecule has 0 unspecified atom stereocenters. The summed E-state index contributed by atoms with van der Waals surface area (Å²) in [6.07, 6.45) is 2.46. The normalized spacial score (nSPS) is 10.9. The monoisotopic (exact) mass is 424 g/mol. The van der Waals surface area contributed by atoms with Crippen molar-refractivity contribution >= 4 is 39.1 Å². The van der Waals surface area contributed by atoms with Crippen LogP contribution in [0.2, 0.25) is 0 Å². The molecule has 6 nitrogen and oxygen atoms in total. The van der Waals surface area contributed by atoms with Crippen LogP contribution >= 0.6 is 23.1 Å². The predicted octanol–water partition coefficient (Wildman–Crippen LogP) is 3.94. The largest absolute Gasteiger partial charge is 0.497 e. The molecule has 0 aliphatic heterocycles. The smallest absolute Gasteiger partial charge is 0.230 e. The zero-order valence-electron chi connectivity index (χ0n) is 15.9. The first-order valence-corrected chi connectivity index (χ1v) is 11.0. The zero-order valence-corrected chi connectivity index (χ0v) is 17.5. The molecule has 4 aromatic rings. The molecule has 0 atom stereocenters. The van der Waals surface area contributed by atoms with Gasteiger partial charge in [0.15, 0.2) is 5.16 Å². The van der Waals surface area contributed by atoms with Crippen molar-refractivity contribution in [3.8, 4) is 11.4 Å². The second-order valence-corrected chi connectivity index (χ2v) is 8.18. The minimum absolute atomic E-state index is 0.0150. The number of carbonyl (C=O) groups excluding carboxylic acids is 1. The number of rotatable bonds is 8. The molecule has 0 radical (unpaired) electrons. The van der Waals surface area contributed by atoms with Crippen LogP contribution in [0.15, 0.2) is 65.4 Å². The van der Waals surface area contributed by atoms with Gasteiger partial charge in [-0.3, -0.25) is 9.36 Å². The molecule has 0 spiro atoms. The van der Waals surface area contributed by atoms with E-state index in [0.29, 0.717) is 17.5 Å². The topological polar surface area (TPSA) is 69.0 Å². The lowest BCUT2D eigenvalue weighted by Crippen LogP contribution is -2.27. The number of hydrogen-bond acceptors (Lipinski definition) is 6. The van der Waals surface area contributed by atoms with Crippen molar-refractivity contribution in [2.24, 2.45) is 0 Å². The van der Waals surface area contributed by atoms with E-state index in [1.165, 1.54) is 27.4 Å². The minimum Gasteiger partial charge on any atom is -0.497 e. The van der Waals surface area contributed by atoms with Crippen LogP contribution in [0.1, 0.15) is 5.56 Å². The first-order chi connectivity index (χ1) is 14.2. The van der Waals surface area contributed by atoms with Gasteiger partial charge in [0.2, 0.25) is 5.91 Å². The average molecular weight is 425 g/mol. The van der Waals surface area contributed by atoms with E-state index in [9.17, 15) is 4.79 Å². The van der Waals surface area contributed by atoms with Crippen molar-refractivity contribution in [3.63, 3.8) is 0 Å². The Bertz CT molecular complexity index is 1110. The number of nitrogens with one attached hydrogen (secondary N) is 1. The number of methoxy groups -OCH3 is 1. The van der Waals surface area contributed by atoms with Crippen LogP contribution in [0.25, 0.3) is 15.8 Å². The summed E-state index contributed by atoms with van der Waals surface area (Å²) in [7, 11) is 1.63. The van der Waals surface area contributed by atoms with Gasteiger partial charge >= 0.3 is 0 Å². The van der Waals surface area contributed by atoms with Crippen LogP contribution in [0.3, 0.4) is 0 Å². The number of thioether (sulfide) groups is 1. The Morgan fingerprint density at radius 1 is 1.21 bits per heavy atom. The first-order valence-electron chi connectivity index (χ1n) is 9.13. The maximum absolute atomic E-state index is 12.3. The number of ether oxygens (including phenoxy) is 1. The van der Waals surface area contributed by atoms with Gasteiger partial charge in [-0.1, -0.05) is 30.0 Å². The Morgan fingerprint density at radius 3 is 2.86 bits per heavy atom. The molecule has 2 aromatic carbocycles. The van der Waals surface area contributed by atoms with E-state index in [4.69, 9.17) is 4.74 Å². The van der Waals surface area contributed by atoms with E-state index in [2.05, 4.69) is 33.0 Å². The molecule has 0 saturated heterocycles. The maximum Gasteiger partial charge on any atom is 0.230 e. The van der Waals surface area contributed by atoms with E-state index >= 15 is 0 Å². The van der Waals surface area contributed by atoms with E-state index < -0.39 is 0 Å². The van der Waals surface area contributed by atoms with E-state index in [-0.39, 0.29) is 5.91 Å². The number of carbonyl (C=O) groups is 1. The van der Waals surface area contributed by atoms with E-state index in [1.54, 1.807) is 24.8 Å². The molecule has 0 aliphatic rings. The van der Waals surface area contributed by atoms with Gasteiger partial charge in [-0.2, -0.15) is 0 Å². The molecule has 4 rings (SSSR count). The van der Waals surface area contributed by atoms with Crippen LogP contribution in [0, 0.1) is 0 Å². The molecule has 2 heterocycles. The van der Waals surface area contributed by atoms with Crippen molar-refractivity contribution in [1.82, 2.24) is 20.1 Å². The lowest BCUT2D eigenvalue weighted by atomic mass is 10.1. The molecular weight excluding hydrogens is 404 g/mol. The Kier molecular flexibility index (Phi) is 6.12. The Morgan fingerprint density at radius 2 is 2.03 bits per heavy atom. The molecule has 2 aromatic heterocycles. The van der Waals surface area contributed by atoms with E-state index in [1.807, 2.05) is 41.0 Å². The summed E-state index contributed by atoms with van der Waals surface area (Å²) >= 11 is 3.11. The molecule has 148 valence electrons. The van der Waals surface area contributed by atoms with E-state index in [0.717, 1.165) is 17.9 Å². The quantitative estimate of drug-likeness (QED) is 0.434. The van der Waals surface area contributed by atoms with Crippen LogP contribution < -0.4 is 10.1 Å². The summed E-state index contributed by atoms with van der Waals surface area (Å²) < 4.78 is 8.32. The second kappa shape index (κ2) is 9.11. The van der Waals surface area contributed by atoms with Crippen molar-refractivity contribution in [3.05, 3.63) is 65.8 Å². The third kappa shape index (κ3) is 4.60. The molecule has 0 bridgehead atoms. The van der Waals surface area contributed by atoms with Crippen molar-refractivity contribution in [2.45, 2.75) is 11.6 Å². The lowest BCUT2D eigenvalue weighted by molar-refractivity contribution is -0.118. The third-order valence-electron chi connectivity index (χ3n) is 4.48. The first kappa shape index (κ1) is 19.5. The van der Waals surface area contributed by atoms with Gasteiger partial charge in [0.05, 0.1) is 12.9 Å². The third-order valence-corrected chi connectivity index (χ3v) is 6.43. The predicted molar refractivity (Wildman–Crippen MR) is 117 cm³/mol. The summed E-state index contributed by atoms with van der Waals surface area (Å²) in [6, 6.07) is 16.0. The Labute approximate surface area is 176 Å². The standard InChI is InChI=1S/C21H20N4O2S2/c1-27-17-8-6-16(7-9-17)25-14-23-24-21(25)29-13-20(26)22-11-10-15-12-28-19-5-3-2-4-18(15)19/h2-9,12,14H,10-11,13H2,1H3,(H,22,26). The molecule has 0 saturated carbocycles. The van der Waals surface area contributed by atoms with Crippen LogP contribution in [-0.2, 0) is 11.2 Å². The summed E-state index contributed by atoms with van der Waals surface area (Å²) in [6.45, 7) is 0.616. The highest BCUT2D eigenvalue weighted by Crippen LogP contribution is 2.26. The SMILES string of the molecule is COc1ccc(-n2cnnc2SCC(=O)NCCc2csc3ccccc23)cc1. The number of hydrogen-bond donors (Lipinski definition) is 1. The van der Waals surface area contributed by atoms with Crippen molar-refractivity contribution < 1.29 is 9.53 Å². The van der Waals surface area contributed by atoms with Gasteiger partial charge in [0, 0.05) is 16.9 Å². The van der Waals surface area contributed by atoms with Gasteiger partial charge in [-0.15, -0.1) is 21.5 Å². The Balaban J connectivity index is 1.29. The fourth-order valence-electron chi connectivity index (χ4n) is 2.99. The van der Waals surface area contributed by atoms with Crippen LogP contribution in [0.5, 0.6) is 5.75 Å². The molecule has 0 fully saturated rings. The molecule has 1 N–H and O–H groups in total. The van der Waals surface area contributed by atoms with Crippen molar-refractivity contribution in [2.75, 3.05) is 19.4 Å². The summed E-state index contributed by atoms with van der Waals surface area (Å²) in [5.41, 5.74) is 2.20. The number of fused-ring (bicyclic) bond motifs is 1. The number of amides is 1. The average Bonchev–Trinajstić information content (AvgIpc) is 3.40. The molecule has 8 heteroatoms. The minimum atomic E-state index is -0.0150. The van der Waals surface area contributed by atoms with Gasteiger partial charge in [-0.05, 0) is 53.1 Å². The molecule has 29 heavy (non-hydrogen) atoms. The highest BCUT2D eigenvalue weighted by atomic mass is 32.2. The summed E-state index contributed by atoms with van der Waals surface area (Å²) in [4.78, 5) is 12.3. The summed E-state index contributed by atoms with van der Waals surface area (Å²) in [5.74, 6) is 1.06. The number of thiophene rings is 1. The molecule has 0 aliphatic carbocycles. The number of benzene rings is 2. The van der Waals surface area contributed by atoms with Gasteiger partial charge in [0.1, 0.15) is 12.1 Å². The van der Waals surface area contributed by atoms with Gasteiger partial charge in [-0.25, -0.2) is 0 Å². The number of aromatic nitrogens is 3. The maximum atomic E-state index is 12.3. The lowest BCUT2D eigenvalue weighted by Gasteiger charge is -2.08. The van der Waals surface area contributed by atoms with Crippen LogP contribution in [-0.4, -0.2) is 40.1 Å². The fourth-order valence-corrected chi connectivity index (χ4v) is 4.74.